The van der Waals surface area contributed by atoms with Crippen molar-refractivity contribution in [3.8, 4) is 6.07 Å². The third kappa shape index (κ3) is 1.81. The highest BCUT2D eigenvalue weighted by molar-refractivity contribution is 5.81. The van der Waals surface area contributed by atoms with Crippen LogP contribution in [0, 0.1) is 16.7 Å². The standard InChI is InChI=1S/C9H15N3O/c1-7(5-10)12-4-3-9(2,6-12)8(11)13/h7H,3-4,6H2,1-2H3,(H2,11,13). The number of rotatable bonds is 2. The number of nitriles is 1. The summed E-state index contributed by atoms with van der Waals surface area (Å²) in [5.74, 6) is -0.264. The molecule has 2 atom stereocenters. The second kappa shape index (κ2) is 3.35. The average molecular weight is 181 g/mol. The first-order valence-corrected chi connectivity index (χ1v) is 4.43. The van der Waals surface area contributed by atoms with E-state index in [0.717, 1.165) is 13.0 Å². The molecule has 2 N–H and O–H groups in total. The van der Waals surface area contributed by atoms with Crippen molar-refractivity contribution in [1.82, 2.24) is 4.90 Å². The van der Waals surface area contributed by atoms with E-state index in [-0.39, 0.29) is 11.9 Å². The molecule has 1 rings (SSSR count). The highest BCUT2D eigenvalue weighted by Gasteiger charge is 2.40. The van der Waals surface area contributed by atoms with Gasteiger partial charge in [0.2, 0.25) is 5.91 Å². The monoisotopic (exact) mass is 181 g/mol. The Kier molecular flexibility index (Phi) is 2.58. The van der Waals surface area contributed by atoms with E-state index in [1.807, 2.05) is 18.7 Å². The zero-order valence-corrected chi connectivity index (χ0v) is 8.08. The fraction of sp³-hybridized carbons (Fsp3) is 0.778. The van der Waals surface area contributed by atoms with Crippen molar-refractivity contribution in [2.75, 3.05) is 13.1 Å². The second-order valence-electron chi connectivity index (χ2n) is 3.95. The summed E-state index contributed by atoms with van der Waals surface area (Å²) in [5.41, 5.74) is 4.85. The highest BCUT2D eigenvalue weighted by Crippen LogP contribution is 2.30. The van der Waals surface area contributed by atoms with E-state index in [0.29, 0.717) is 6.54 Å². The van der Waals surface area contributed by atoms with Gasteiger partial charge in [0.15, 0.2) is 0 Å². The van der Waals surface area contributed by atoms with E-state index in [2.05, 4.69) is 6.07 Å². The number of hydrogen-bond acceptors (Lipinski definition) is 3. The molecule has 4 nitrogen and oxygen atoms in total. The number of carbonyl (C=O) groups is 1. The lowest BCUT2D eigenvalue weighted by atomic mass is 9.89. The third-order valence-corrected chi connectivity index (χ3v) is 2.83. The molecule has 0 aromatic heterocycles. The van der Waals surface area contributed by atoms with Gasteiger partial charge in [0, 0.05) is 13.1 Å². The molecule has 1 heterocycles. The van der Waals surface area contributed by atoms with Crippen molar-refractivity contribution >= 4 is 5.91 Å². The fourth-order valence-corrected chi connectivity index (χ4v) is 1.61. The minimum atomic E-state index is -0.439. The Morgan fingerprint density at radius 3 is 2.77 bits per heavy atom. The number of carbonyl (C=O) groups excluding carboxylic acids is 1. The maximum absolute atomic E-state index is 11.1. The van der Waals surface area contributed by atoms with Crippen molar-refractivity contribution in [2.45, 2.75) is 26.3 Å². The summed E-state index contributed by atoms with van der Waals surface area (Å²) in [6.45, 7) is 5.09. The Morgan fingerprint density at radius 1 is 1.77 bits per heavy atom. The predicted molar refractivity (Wildman–Crippen MR) is 48.6 cm³/mol. The van der Waals surface area contributed by atoms with Crippen LogP contribution in [0.4, 0.5) is 0 Å². The summed E-state index contributed by atoms with van der Waals surface area (Å²) in [4.78, 5) is 13.1. The van der Waals surface area contributed by atoms with Crippen LogP contribution in [0.2, 0.25) is 0 Å². The van der Waals surface area contributed by atoms with Gasteiger partial charge in [0.1, 0.15) is 0 Å². The van der Waals surface area contributed by atoms with E-state index in [1.165, 1.54) is 0 Å². The molecule has 1 aliphatic rings. The molecule has 1 aliphatic heterocycles. The van der Waals surface area contributed by atoms with E-state index in [1.54, 1.807) is 0 Å². The minimum absolute atomic E-state index is 0.124. The normalized spacial score (nSPS) is 31.2. The first-order valence-electron chi connectivity index (χ1n) is 4.43. The Labute approximate surface area is 78.3 Å². The van der Waals surface area contributed by atoms with Gasteiger partial charge >= 0.3 is 0 Å². The summed E-state index contributed by atoms with van der Waals surface area (Å²) in [5, 5.41) is 8.70. The molecule has 0 aliphatic carbocycles. The van der Waals surface area contributed by atoms with E-state index >= 15 is 0 Å². The van der Waals surface area contributed by atoms with Gasteiger partial charge in [-0.15, -0.1) is 0 Å². The van der Waals surface area contributed by atoms with Crippen LogP contribution in [0.15, 0.2) is 0 Å². The molecule has 0 spiro atoms. The topological polar surface area (TPSA) is 70.1 Å². The van der Waals surface area contributed by atoms with Crippen molar-refractivity contribution < 1.29 is 4.79 Å². The molecule has 2 unspecified atom stereocenters. The van der Waals surface area contributed by atoms with Crippen LogP contribution in [0.5, 0.6) is 0 Å². The van der Waals surface area contributed by atoms with Gasteiger partial charge in [-0.25, -0.2) is 0 Å². The minimum Gasteiger partial charge on any atom is -0.369 e. The number of hydrogen-bond donors (Lipinski definition) is 1. The smallest absolute Gasteiger partial charge is 0.224 e. The van der Waals surface area contributed by atoms with Crippen molar-refractivity contribution in [2.24, 2.45) is 11.1 Å². The molecule has 0 saturated carbocycles. The lowest BCUT2D eigenvalue weighted by Gasteiger charge is -2.22. The van der Waals surface area contributed by atoms with Crippen molar-refractivity contribution in [3.63, 3.8) is 0 Å². The van der Waals surface area contributed by atoms with Gasteiger partial charge in [-0.1, -0.05) is 0 Å². The molecular weight excluding hydrogens is 166 g/mol. The van der Waals surface area contributed by atoms with Crippen LogP contribution < -0.4 is 5.73 Å². The average Bonchev–Trinajstić information content (AvgIpc) is 2.48. The van der Waals surface area contributed by atoms with Crippen LogP contribution in [-0.4, -0.2) is 29.9 Å². The van der Waals surface area contributed by atoms with Crippen LogP contribution in [-0.2, 0) is 4.79 Å². The largest absolute Gasteiger partial charge is 0.369 e. The Hall–Kier alpha value is -1.08. The maximum atomic E-state index is 11.1. The summed E-state index contributed by atoms with van der Waals surface area (Å²) >= 11 is 0. The number of nitrogens with zero attached hydrogens (tertiary/aromatic N) is 2. The van der Waals surface area contributed by atoms with Crippen LogP contribution in [0.1, 0.15) is 20.3 Å². The van der Waals surface area contributed by atoms with E-state index < -0.39 is 5.41 Å². The van der Waals surface area contributed by atoms with Crippen LogP contribution in [0.25, 0.3) is 0 Å². The van der Waals surface area contributed by atoms with Gasteiger partial charge in [-0.05, 0) is 20.3 Å². The molecule has 0 radical (unpaired) electrons. The Balaban J connectivity index is 2.64. The zero-order valence-electron chi connectivity index (χ0n) is 8.08. The lowest BCUT2D eigenvalue weighted by Crippen LogP contribution is -2.39. The first-order chi connectivity index (χ1) is 5.99. The lowest BCUT2D eigenvalue weighted by molar-refractivity contribution is -0.126. The quantitative estimate of drug-likeness (QED) is 0.656. The van der Waals surface area contributed by atoms with E-state index in [4.69, 9.17) is 11.0 Å². The predicted octanol–water partition coefficient (Wildman–Crippen LogP) is 0.0958. The van der Waals surface area contributed by atoms with Gasteiger partial charge in [-0.2, -0.15) is 5.26 Å². The molecule has 0 bridgehead atoms. The van der Waals surface area contributed by atoms with Gasteiger partial charge in [0.25, 0.3) is 0 Å². The van der Waals surface area contributed by atoms with Gasteiger partial charge in [-0.3, -0.25) is 9.69 Å². The molecule has 13 heavy (non-hydrogen) atoms. The number of amides is 1. The summed E-state index contributed by atoms with van der Waals surface area (Å²) < 4.78 is 0. The number of primary amides is 1. The molecule has 0 aromatic rings. The number of likely N-dealkylation sites (tertiary alicyclic amines) is 1. The van der Waals surface area contributed by atoms with E-state index in [9.17, 15) is 4.79 Å². The molecule has 1 saturated heterocycles. The molecular formula is C9H15N3O. The highest BCUT2D eigenvalue weighted by atomic mass is 16.1. The van der Waals surface area contributed by atoms with Gasteiger partial charge < -0.3 is 5.73 Å². The maximum Gasteiger partial charge on any atom is 0.224 e. The first kappa shape index (κ1) is 10.0. The molecule has 1 fully saturated rings. The van der Waals surface area contributed by atoms with Crippen molar-refractivity contribution in [3.05, 3.63) is 0 Å². The van der Waals surface area contributed by atoms with Gasteiger partial charge in [0.05, 0.1) is 17.5 Å². The summed E-state index contributed by atoms with van der Waals surface area (Å²) in [6.07, 6.45) is 0.758. The second-order valence-corrected chi connectivity index (χ2v) is 3.95. The Morgan fingerprint density at radius 2 is 2.38 bits per heavy atom. The Bertz CT molecular complexity index is 258. The SMILES string of the molecule is CC(C#N)N1CCC(C)(C(N)=O)C1. The fourth-order valence-electron chi connectivity index (χ4n) is 1.61. The number of nitrogens with two attached hydrogens (primary N) is 1. The summed E-state index contributed by atoms with van der Waals surface area (Å²) in [7, 11) is 0. The van der Waals surface area contributed by atoms with Crippen LogP contribution in [0.3, 0.4) is 0 Å². The zero-order chi connectivity index (χ0) is 10.1. The molecule has 72 valence electrons. The molecule has 0 aromatic carbocycles. The third-order valence-electron chi connectivity index (χ3n) is 2.83. The molecule has 4 heteroatoms. The van der Waals surface area contributed by atoms with Crippen LogP contribution >= 0.6 is 0 Å². The summed E-state index contributed by atoms with van der Waals surface area (Å²) in [6, 6.07) is 2.03. The molecule has 1 amide bonds. The van der Waals surface area contributed by atoms with Crippen molar-refractivity contribution in [1.29, 1.82) is 5.26 Å².